The van der Waals surface area contributed by atoms with Gasteiger partial charge in [-0.2, -0.15) is 10.5 Å². The van der Waals surface area contributed by atoms with Gasteiger partial charge in [0, 0.05) is 0 Å². The highest BCUT2D eigenvalue weighted by molar-refractivity contribution is 7.13. The summed E-state index contributed by atoms with van der Waals surface area (Å²) in [6.07, 6.45) is 0. The Balaban J connectivity index is 1.93. The van der Waals surface area contributed by atoms with Crippen molar-refractivity contribution >= 4 is 29.6 Å². The lowest BCUT2D eigenvalue weighted by Gasteiger charge is -2.26. The fourth-order valence-electron chi connectivity index (χ4n) is 5.29. The predicted molar refractivity (Wildman–Crippen MR) is 146 cm³/mol. The minimum atomic E-state index is -2.30. The molecule has 35 heavy (non-hydrogen) atoms. The highest BCUT2D eigenvalue weighted by Crippen LogP contribution is 2.55. The third kappa shape index (κ3) is 3.93. The molecule has 2 nitrogen and oxygen atoms in total. The van der Waals surface area contributed by atoms with Crippen LogP contribution < -0.4 is 0 Å². The van der Waals surface area contributed by atoms with Gasteiger partial charge in [-0.1, -0.05) is 98.0 Å². The summed E-state index contributed by atoms with van der Waals surface area (Å²) < 4.78 is 0. The molecule has 0 atom stereocenters. The predicted octanol–water partition coefficient (Wildman–Crippen LogP) is 7.75. The van der Waals surface area contributed by atoms with Crippen LogP contribution in [0.5, 0.6) is 0 Å². The van der Waals surface area contributed by atoms with Crippen LogP contribution in [0.15, 0.2) is 109 Å². The molecule has 5 rings (SSSR count). The summed E-state index contributed by atoms with van der Waals surface area (Å²) in [5.41, 5.74) is 8.29. The Morgan fingerprint density at radius 3 is 1.23 bits per heavy atom. The largest absolute Gasteiger partial charge is 0.192 e. The lowest BCUT2D eigenvalue weighted by Crippen LogP contribution is -2.28. The maximum absolute atomic E-state index is 9.64. The number of rotatable bonds is 4. The van der Waals surface area contributed by atoms with Gasteiger partial charge in [-0.25, -0.2) is 0 Å². The number of hydrogen-bond donors (Lipinski definition) is 0. The fourth-order valence-corrected chi connectivity index (χ4v) is 9.08. The molecule has 0 bridgehead atoms. The molecule has 1 aliphatic rings. The first-order valence-corrected chi connectivity index (χ1v) is 14.7. The zero-order valence-corrected chi connectivity index (χ0v) is 20.8. The number of benzene rings is 4. The summed E-state index contributed by atoms with van der Waals surface area (Å²) >= 11 is 0. The van der Waals surface area contributed by atoms with Crippen LogP contribution in [0, 0.1) is 22.7 Å². The van der Waals surface area contributed by atoms with Crippen molar-refractivity contribution in [3.05, 3.63) is 143 Å². The lowest BCUT2D eigenvalue weighted by molar-refractivity contribution is 1.47. The molecule has 1 heterocycles. The summed E-state index contributed by atoms with van der Waals surface area (Å²) in [5, 5.41) is 21.9. The lowest BCUT2D eigenvalue weighted by atomic mass is 9.89. The third-order valence-electron chi connectivity index (χ3n) is 6.69. The van der Waals surface area contributed by atoms with E-state index in [1.54, 1.807) is 0 Å². The van der Waals surface area contributed by atoms with Crippen LogP contribution in [-0.4, -0.2) is 8.07 Å². The monoisotopic (exact) mass is 464 g/mol. The quantitative estimate of drug-likeness (QED) is 0.290. The van der Waals surface area contributed by atoms with Crippen LogP contribution in [0.4, 0.5) is 0 Å². The van der Waals surface area contributed by atoms with E-state index in [-0.39, 0.29) is 0 Å². The van der Waals surface area contributed by atoms with Gasteiger partial charge in [-0.3, -0.25) is 0 Å². The Morgan fingerprint density at radius 1 is 0.486 bits per heavy atom. The summed E-state index contributed by atoms with van der Waals surface area (Å²) in [6.45, 7) is 4.77. The molecule has 1 aliphatic heterocycles. The van der Waals surface area contributed by atoms with Gasteiger partial charge in [-0.15, -0.1) is 0 Å². The molecule has 166 valence electrons. The normalized spacial score (nSPS) is 14.5. The van der Waals surface area contributed by atoms with Gasteiger partial charge in [-0.05, 0) is 68.1 Å². The van der Waals surface area contributed by atoms with Gasteiger partial charge in [0.05, 0.1) is 23.3 Å². The van der Waals surface area contributed by atoms with Gasteiger partial charge in [0.15, 0.2) is 0 Å². The Labute approximate surface area is 207 Å². The maximum Gasteiger partial charge on any atom is 0.115 e. The van der Waals surface area contributed by atoms with E-state index in [9.17, 15) is 10.5 Å². The van der Waals surface area contributed by atoms with E-state index in [0.29, 0.717) is 11.1 Å². The van der Waals surface area contributed by atoms with Crippen LogP contribution >= 0.6 is 0 Å². The maximum atomic E-state index is 9.64. The first kappa shape index (κ1) is 22.4. The van der Waals surface area contributed by atoms with Crippen LogP contribution in [0.1, 0.15) is 33.4 Å². The topological polar surface area (TPSA) is 47.6 Å². The Bertz CT molecular complexity index is 1440. The highest BCUT2D eigenvalue weighted by Gasteiger charge is 2.43. The van der Waals surface area contributed by atoms with Crippen LogP contribution in [0.3, 0.4) is 0 Å². The zero-order valence-electron chi connectivity index (χ0n) is 19.8. The van der Waals surface area contributed by atoms with Crippen molar-refractivity contribution in [2.45, 2.75) is 13.1 Å². The minimum absolute atomic E-state index is 0.661. The molecule has 0 aromatic heterocycles. The minimum Gasteiger partial charge on any atom is -0.192 e. The number of nitriles is 2. The second kappa shape index (κ2) is 9.07. The number of nitrogens with zero attached hydrogens (tertiary/aromatic N) is 2. The Hall–Kier alpha value is -4.44. The SMILES string of the molecule is C[Si]1(C)C(c2cccc(C#N)c2)=C(c2ccccc2)C(c2ccccc2)=C1c1cccc(C#N)c1. The molecule has 0 amide bonds. The first-order valence-electron chi connectivity index (χ1n) is 11.7. The van der Waals surface area contributed by atoms with Gasteiger partial charge < -0.3 is 0 Å². The van der Waals surface area contributed by atoms with Crippen molar-refractivity contribution in [1.82, 2.24) is 0 Å². The number of hydrogen-bond acceptors (Lipinski definition) is 2. The van der Waals surface area contributed by atoms with Gasteiger partial charge >= 0.3 is 0 Å². The average Bonchev–Trinajstić information content (AvgIpc) is 3.16. The Morgan fingerprint density at radius 2 is 0.857 bits per heavy atom. The molecule has 0 fully saturated rings. The van der Waals surface area contributed by atoms with E-state index in [0.717, 1.165) is 22.3 Å². The van der Waals surface area contributed by atoms with Crippen molar-refractivity contribution in [3.8, 4) is 12.1 Å². The van der Waals surface area contributed by atoms with Gasteiger partial charge in [0.2, 0.25) is 0 Å². The second-order valence-corrected chi connectivity index (χ2v) is 13.5. The Kier molecular flexibility index (Phi) is 5.79. The van der Waals surface area contributed by atoms with Gasteiger partial charge in [0.25, 0.3) is 0 Å². The second-order valence-electron chi connectivity index (χ2n) is 9.24. The van der Waals surface area contributed by atoms with Crippen molar-refractivity contribution in [2.75, 3.05) is 0 Å². The molecular formula is C32H24N2Si. The molecule has 4 aromatic carbocycles. The van der Waals surface area contributed by atoms with Crippen molar-refractivity contribution in [1.29, 1.82) is 10.5 Å². The van der Waals surface area contributed by atoms with E-state index >= 15 is 0 Å². The van der Waals surface area contributed by atoms with E-state index in [4.69, 9.17) is 0 Å². The molecule has 4 aromatic rings. The molecule has 0 saturated carbocycles. The van der Waals surface area contributed by atoms with Crippen molar-refractivity contribution in [3.63, 3.8) is 0 Å². The fraction of sp³-hybridized carbons (Fsp3) is 0.0625. The average molecular weight is 465 g/mol. The smallest absolute Gasteiger partial charge is 0.115 e. The molecule has 0 unspecified atom stereocenters. The third-order valence-corrected chi connectivity index (χ3v) is 10.3. The summed E-state index contributed by atoms with van der Waals surface area (Å²) in [6, 6.07) is 41.7. The molecule has 0 N–H and O–H groups in total. The molecule has 0 aliphatic carbocycles. The summed E-state index contributed by atoms with van der Waals surface area (Å²) in [5.74, 6) is 0. The standard InChI is InChI=1S/C32H24N2Si/c1-35(2)31(27-17-9-11-23(19-27)21-33)29(25-13-5-3-6-14-25)30(26-15-7-4-8-16-26)32(35)28-18-10-12-24(20-28)22-34/h3-20H,1-2H3. The van der Waals surface area contributed by atoms with Crippen LogP contribution in [-0.2, 0) is 0 Å². The summed E-state index contributed by atoms with van der Waals surface area (Å²) in [7, 11) is -2.30. The van der Waals surface area contributed by atoms with E-state index < -0.39 is 8.07 Å². The van der Waals surface area contributed by atoms with Crippen LogP contribution in [0.25, 0.3) is 21.5 Å². The highest BCUT2D eigenvalue weighted by atomic mass is 28.3. The molecule has 0 radical (unpaired) electrons. The molecule has 3 heteroatoms. The van der Waals surface area contributed by atoms with E-state index in [1.165, 1.54) is 21.5 Å². The molecule has 0 saturated heterocycles. The van der Waals surface area contributed by atoms with Crippen molar-refractivity contribution < 1.29 is 0 Å². The van der Waals surface area contributed by atoms with Gasteiger partial charge in [0.1, 0.15) is 8.07 Å². The van der Waals surface area contributed by atoms with E-state index in [2.05, 4.69) is 85.9 Å². The summed E-state index contributed by atoms with van der Waals surface area (Å²) in [4.78, 5) is 0. The molecular weight excluding hydrogens is 440 g/mol. The first-order chi connectivity index (χ1) is 17.0. The molecule has 0 spiro atoms. The van der Waals surface area contributed by atoms with E-state index in [1.807, 2.05) is 48.5 Å². The van der Waals surface area contributed by atoms with Crippen LogP contribution in [0.2, 0.25) is 13.1 Å². The number of allylic oxidation sites excluding steroid dienone is 2. The zero-order chi connectivity index (χ0) is 24.4. The van der Waals surface area contributed by atoms with Crippen molar-refractivity contribution in [2.24, 2.45) is 0 Å².